The fraction of sp³-hybridized carbons (Fsp3) is 0.304. The number of aliphatic hydroxyl groups excluding tert-OH is 1. The number of hydrogen-bond donors (Lipinski definition) is 2. The molecular formula is C23H19N5O5S. The Bertz CT molecular complexity index is 1420. The molecule has 0 radical (unpaired) electrons. The van der Waals surface area contributed by atoms with Crippen LogP contribution in [-0.4, -0.2) is 52.9 Å². The Balaban J connectivity index is 1.55. The van der Waals surface area contributed by atoms with Crippen molar-refractivity contribution in [3.63, 3.8) is 0 Å². The molecule has 3 aliphatic rings. The maximum Gasteiger partial charge on any atom is 0.331 e. The average Bonchev–Trinajstić information content (AvgIpc) is 3.46. The summed E-state index contributed by atoms with van der Waals surface area (Å²) in [6, 6.07) is 5.23. The van der Waals surface area contributed by atoms with Crippen LogP contribution in [0.4, 0.5) is 21.9 Å². The van der Waals surface area contributed by atoms with Crippen LogP contribution in [0.3, 0.4) is 0 Å². The molecule has 10 nitrogen and oxygen atoms in total. The van der Waals surface area contributed by atoms with Gasteiger partial charge in [-0.3, -0.25) is 9.69 Å². The van der Waals surface area contributed by atoms with E-state index in [1.807, 2.05) is 13.0 Å². The number of carbonyl (C=O) groups excluding carboxylic acids is 2. The molecule has 2 aromatic heterocycles. The standard InChI is InChI=1S/C23H19N5O5S/c1-11-2-3-14-19(33-10-32-14)17(11)28-18-12(8-24)9-25-21-15(18)16(26-23(28)31)20(34-21)22(30)27-6-4-13(29)5-7-27/h2-3,9,13,29H,4-7,10H2,1H3,(H,26,31). The maximum absolute atomic E-state index is 13.5. The molecule has 3 amide bonds. The molecule has 5 heterocycles. The largest absolute Gasteiger partial charge is 0.454 e. The summed E-state index contributed by atoms with van der Waals surface area (Å²) < 4.78 is 11.2. The summed E-state index contributed by atoms with van der Waals surface area (Å²) in [6.45, 7) is 2.75. The normalized spacial score (nSPS) is 17.1. The van der Waals surface area contributed by atoms with Gasteiger partial charge in [0, 0.05) is 19.3 Å². The van der Waals surface area contributed by atoms with Crippen LogP contribution in [0, 0.1) is 18.3 Å². The zero-order valence-corrected chi connectivity index (χ0v) is 18.9. The number of hydrogen-bond acceptors (Lipinski definition) is 8. The van der Waals surface area contributed by atoms with E-state index in [9.17, 15) is 20.0 Å². The highest BCUT2D eigenvalue weighted by Crippen LogP contribution is 2.52. The number of anilines is 3. The monoisotopic (exact) mass is 477 g/mol. The average molecular weight is 478 g/mol. The number of pyridine rings is 1. The van der Waals surface area contributed by atoms with Crippen LogP contribution >= 0.6 is 11.3 Å². The minimum absolute atomic E-state index is 0.0327. The number of aromatic nitrogens is 1. The lowest BCUT2D eigenvalue weighted by Gasteiger charge is -2.32. The van der Waals surface area contributed by atoms with E-state index < -0.39 is 12.1 Å². The van der Waals surface area contributed by atoms with Gasteiger partial charge in [-0.2, -0.15) is 5.26 Å². The number of nitriles is 1. The number of carbonyl (C=O) groups is 2. The van der Waals surface area contributed by atoms with Gasteiger partial charge in [-0.05, 0) is 31.4 Å². The van der Waals surface area contributed by atoms with E-state index >= 15 is 0 Å². The molecule has 3 aliphatic heterocycles. The Labute approximate surface area is 197 Å². The van der Waals surface area contributed by atoms with Crippen molar-refractivity contribution in [3.8, 4) is 17.6 Å². The maximum atomic E-state index is 13.5. The van der Waals surface area contributed by atoms with Gasteiger partial charge >= 0.3 is 6.03 Å². The summed E-state index contributed by atoms with van der Waals surface area (Å²) in [4.78, 5) is 35.3. The first-order chi connectivity index (χ1) is 16.5. The molecule has 3 aromatic rings. The Morgan fingerprint density at radius 2 is 2.09 bits per heavy atom. The van der Waals surface area contributed by atoms with Gasteiger partial charge in [0.15, 0.2) is 11.5 Å². The number of nitrogens with one attached hydrogen (secondary N) is 1. The van der Waals surface area contributed by atoms with E-state index in [2.05, 4.69) is 16.4 Å². The van der Waals surface area contributed by atoms with Gasteiger partial charge in [0.2, 0.25) is 6.79 Å². The third kappa shape index (κ3) is 2.92. The first-order valence-electron chi connectivity index (χ1n) is 10.8. The number of fused-ring (bicyclic) bond motifs is 1. The fourth-order valence-electron chi connectivity index (χ4n) is 4.66. The summed E-state index contributed by atoms with van der Waals surface area (Å²) in [5.41, 5.74) is 2.17. The number of nitrogens with zero attached hydrogens (tertiary/aromatic N) is 4. The molecule has 0 saturated carbocycles. The van der Waals surface area contributed by atoms with E-state index in [0.29, 0.717) is 69.6 Å². The number of likely N-dealkylation sites (tertiary alicyclic amines) is 1. The Morgan fingerprint density at radius 3 is 2.85 bits per heavy atom. The highest BCUT2D eigenvalue weighted by molar-refractivity contribution is 7.21. The van der Waals surface area contributed by atoms with E-state index in [1.165, 1.54) is 22.4 Å². The van der Waals surface area contributed by atoms with Crippen molar-refractivity contribution in [1.29, 1.82) is 5.26 Å². The number of aryl methyl sites for hydroxylation is 1. The predicted molar refractivity (Wildman–Crippen MR) is 124 cm³/mol. The molecule has 172 valence electrons. The van der Waals surface area contributed by atoms with Crippen molar-refractivity contribution in [2.24, 2.45) is 0 Å². The van der Waals surface area contributed by atoms with Crippen LogP contribution in [0.25, 0.3) is 10.2 Å². The third-order valence-electron chi connectivity index (χ3n) is 6.36. The number of amides is 3. The van der Waals surface area contributed by atoms with Crippen LogP contribution in [-0.2, 0) is 0 Å². The zero-order chi connectivity index (χ0) is 23.6. The lowest BCUT2D eigenvalue weighted by molar-refractivity contribution is 0.0551. The fourth-order valence-corrected chi connectivity index (χ4v) is 5.73. The molecule has 1 fully saturated rings. The van der Waals surface area contributed by atoms with Crippen molar-refractivity contribution in [3.05, 3.63) is 34.3 Å². The molecular weight excluding hydrogens is 458 g/mol. The van der Waals surface area contributed by atoms with Gasteiger partial charge in [0.25, 0.3) is 5.91 Å². The van der Waals surface area contributed by atoms with Gasteiger partial charge in [-0.15, -0.1) is 11.3 Å². The molecule has 1 aromatic carbocycles. The van der Waals surface area contributed by atoms with Crippen molar-refractivity contribution in [1.82, 2.24) is 9.88 Å². The van der Waals surface area contributed by atoms with Gasteiger partial charge in [-0.1, -0.05) is 6.07 Å². The van der Waals surface area contributed by atoms with Crippen LogP contribution in [0.1, 0.15) is 33.6 Å². The van der Waals surface area contributed by atoms with Gasteiger partial charge < -0.3 is 24.8 Å². The summed E-state index contributed by atoms with van der Waals surface area (Å²) in [5, 5.41) is 23.1. The van der Waals surface area contributed by atoms with Gasteiger partial charge in [0.1, 0.15) is 15.8 Å². The van der Waals surface area contributed by atoms with E-state index in [0.717, 1.165) is 5.56 Å². The predicted octanol–water partition coefficient (Wildman–Crippen LogP) is 3.49. The van der Waals surface area contributed by atoms with Crippen molar-refractivity contribution >= 4 is 50.6 Å². The Hall–Kier alpha value is -3.88. The first-order valence-corrected chi connectivity index (χ1v) is 11.6. The second-order valence-corrected chi connectivity index (χ2v) is 9.37. The van der Waals surface area contributed by atoms with Crippen molar-refractivity contribution in [2.75, 3.05) is 30.1 Å². The summed E-state index contributed by atoms with van der Waals surface area (Å²) >= 11 is 1.18. The quantitative estimate of drug-likeness (QED) is 0.578. The number of urea groups is 1. The molecule has 1 saturated heterocycles. The number of benzene rings is 1. The van der Waals surface area contributed by atoms with Gasteiger partial charge in [-0.25, -0.2) is 9.78 Å². The molecule has 0 bridgehead atoms. The molecule has 0 spiro atoms. The third-order valence-corrected chi connectivity index (χ3v) is 7.44. The first kappa shape index (κ1) is 20.7. The molecule has 0 atom stereocenters. The lowest BCUT2D eigenvalue weighted by atomic mass is 10.0. The van der Waals surface area contributed by atoms with Crippen molar-refractivity contribution < 1.29 is 24.2 Å². The smallest absolute Gasteiger partial charge is 0.331 e. The van der Waals surface area contributed by atoms with Crippen LogP contribution in [0.5, 0.6) is 11.5 Å². The molecule has 11 heteroatoms. The number of thiophene rings is 1. The molecule has 2 N–H and O–H groups in total. The number of aliphatic hydroxyl groups is 1. The zero-order valence-electron chi connectivity index (χ0n) is 18.1. The second-order valence-electron chi connectivity index (χ2n) is 8.37. The molecule has 34 heavy (non-hydrogen) atoms. The lowest BCUT2D eigenvalue weighted by Crippen LogP contribution is -2.40. The highest BCUT2D eigenvalue weighted by atomic mass is 32.1. The Morgan fingerprint density at radius 1 is 1.29 bits per heavy atom. The minimum Gasteiger partial charge on any atom is -0.454 e. The van der Waals surface area contributed by atoms with Crippen molar-refractivity contribution in [2.45, 2.75) is 25.9 Å². The number of ether oxygens (including phenoxy) is 2. The number of piperidine rings is 1. The van der Waals surface area contributed by atoms with Gasteiger partial charge in [0.05, 0.1) is 34.1 Å². The van der Waals surface area contributed by atoms with Crippen LogP contribution in [0.15, 0.2) is 18.3 Å². The highest BCUT2D eigenvalue weighted by Gasteiger charge is 2.39. The second kappa shape index (κ2) is 7.58. The minimum atomic E-state index is -0.509. The topological polar surface area (TPSA) is 128 Å². The summed E-state index contributed by atoms with van der Waals surface area (Å²) in [5.74, 6) is 0.707. The summed E-state index contributed by atoms with van der Waals surface area (Å²) in [6.07, 6.45) is 2.03. The molecule has 0 unspecified atom stereocenters. The molecule has 6 rings (SSSR count). The summed E-state index contributed by atoms with van der Waals surface area (Å²) in [7, 11) is 0. The number of rotatable bonds is 2. The molecule has 0 aliphatic carbocycles. The van der Waals surface area contributed by atoms with E-state index in [-0.39, 0.29) is 18.3 Å². The SMILES string of the molecule is Cc1ccc2c(c1N1C(=O)Nc3c(C(=O)N4CCC(O)CC4)sc4ncc(C#N)c1c34)OCO2. The van der Waals surface area contributed by atoms with E-state index in [1.54, 1.807) is 11.0 Å². The van der Waals surface area contributed by atoms with E-state index in [4.69, 9.17) is 9.47 Å². The Kier molecular flexibility index (Phi) is 4.62. The van der Waals surface area contributed by atoms with Crippen LogP contribution in [0.2, 0.25) is 0 Å². The van der Waals surface area contributed by atoms with Crippen LogP contribution < -0.4 is 19.7 Å².